The molecule has 1 N–H and O–H groups in total. The quantitative estimate of drug-likeness (QED) is 0.872. The summed E-state index contributed by atoms with van der Waals surface area (Å²) in [5.74, 6) is 0.950. The van der Waals surface area contributed by atoms with E-state index < -0.39 is 0 Å². The van der Waals surface area contributed by atoms with Crippen LogP contribution in [-0.2, 0) is 5.41 Å². The van der Waals surface area contributed by atoms with Gasteiger partial charge >= 0.3 is 0 Å². The fraction of sp³-hybridized carbons (Fsp3) is 0.333. The molecule has 2 aromatic carbocycles. The van der Waals surface area contributed by atoms with E-state index >= 15 is 0 Å². The van der Waals surface area contributed by atoms with Gasteiger partial charge in [0.1, 0.15) is 5.75 Å². The van der Waals surface area contributed by atoms with Crippen molar-refractivity contribution in [2.24, 2.45) is 0 Å². The third-order valence-electron chi connectivity index (χ3n) is 3.49. The zero-order valence-corrected chi connectivity index (χ0v) is 12.9. The Balaban J connectivity index is 2.53. The predicted molar refractivity (Wildman–Crippen MR) is 86.7 cm³/mol. The van der Waals surface area contributed by atoms with Crippen molar-refractivity contribution < 1.29 is 4.74 Å². The summed E-state index contributed by atoms with van der Waals surface area (Å²) in [5, 5.41) is 3.18. The molecule has 0 atom stereocenters. The van der Waals surface area contributed by atoms with Crippen molar-refractivity contribution in [3.63, 3.8) is 0 Å². The summed E-state index contributed by atoms with van der Waals surface area (Å²) in [6, 6.07) is 14.8. The Labute approximate surface area is 121 Å². The Morgan fingerprint density at radius 1 is 0.950 bits per heavy atom. The first-order chi connectivity index (χ1) is 9.45. The van der Waals surface area contributed by atoms with Crippen LogP contribution < -0.4 is 10.1 Å². The molecule has 0 bridgehead atoms. The van der Waals surface area contributed by atoms with Crippen molar-refractivity contribution >= 4 is 5.69 Å². The van der Waals surface area contributed by atoms with Gasteiger partial charge in [0.05, 0.1) is 7.11 Å². The van der Waals surface area contributed by atoms with Gasteiger partial charge in [-0.1, -0.05) is 39.0 Å². The highest BCUT2D eigenvalue weighted by Gasteiger charge is 2.19. The van der Waals surface area contributed by atoms with Crippen molar-refractivity contribution in [1.82, 2.24) is 0 Å². The summed E-state index contributed by atoms with van der Waals surface area (Å²) >= 11 is 0. The smallest absolute Gasteiger partial charge is 0.122 e. The van der Waals surface area contributed by atoms with E-state index in [0.717, 1.165) is 11.4 Å². The van der Waals surface area contributed by atoms with Gasteiger partial charge in [0.15, 0.2) is 0 Å². The molecule has 0 radical (unpaired) electrons. The predicted octanol–water partition coefficient (Wildman–Crippen LogP) is 4.70. The average molecular weight is 269 g/mol. The largest absolute Gasteiger partial charge is 0.496 e. The van der Waals surface area contributed by atoms with Crippen molar-refractivity contribution in [3.05, 3.63) is 48.0 Å². The molecule has 0 amide bonds. The molecule has 20 heavy (non-hydrogen) atoms. The second kappa shape index (κ2) is 5.58. The van der Waals surface area contributed by atoms with Crippen LogP contribution in [0.5, 0.6) is 5.75 Å². The number of methoxy groups -OCH3 is 1. The molecule has 106 valence electrons. The molecular formula is C18H23NO. The molecule has 0 spiro atoms. The summed E-state index contributed by atoms with van der Waals surface area (Å²) in [6.45, 7) is 6.62. The number of benzene rings is 2. The third-order valence-corrected chi connectivity index (χ3v) is 3.49. The van der Waals surface area contributed by atoms with E-state index in [1.165, 1.54) is 16.7 Å². The van der Waals surface area contributed by atoms with Gasteiger partial charge in [0.25, 0.3) is 0 Å². The summed E-state index contributed by atoms with van der Waals surface area (Å²) in [4.78, 5) is 0. The Morgan fingerprint density at radius 2 is 1.65 bits per heavy atom. The standard InChI is InChI=1S/C18H23NO/c1-18(2,3)16-12-14(9-10-17(16)20-5)13-7-6-8-15(11-13)19-4/h6-12,19H,1-5H3. The first-order valence-corrected chi connectivity index (χ1v) is 6.92. The minimum absolute atomic E-state index is 0.0575. The molecule has 0 aliphatic carbocycles. The first kappa shape index (κ1) is 14.4. The van der Waals surface area contributed by atoms with E-state index in [2.05, 4.69) is 68.6 Å². The number of hydrogen-bond donors (Lipinski definition) is 1. The lowest BCUT2D eigenvalue weighted by atomic mass is 9.84. The van der Waals surface area contributed by atoms with Crippen LogP contribution >= 0.6 is 0 Å². The molecule has 2 aromatic rings. The fourth-order valence-electron chi connectivity index (χ4n) is 2.33. The lowest BCUT2D eigenvalue weighted by Gasteiger charge is -2.23. The Morgan fingerprint density at radius 3 is 2.25 bits per heavy atom. The van der Waals surface area contributed by atoms with Crippen LogP contribution in [-0.4, -0.2) is 14.2 Å². The van der Waals surface area contributed by atoms with Gasteiger partial charge in [-0.3, -0.25) is 0 Å². The Bertz CT molecular complexity index is 597. The molecule has 0 fully saturated rings. The average Bonchev–Trinajstić information content (AvgIpc) is 2.45. The molecule has 0 aliphatic rings. The van der Waals surface area contributed by atoms with Crippen LogP contribution in [0.15, 0.2) is 42.5 Å². The van der Waals surface area contributed by atoms with Crippen LogP contribution in [0, 0.1) is 0 Å². The third kappa shape index (κ3) is 2.96. The zero-order chi connectivity index (χ0) is 14.8. The highest BCUT2D eigenvalue weighted by molar-refractivity contribution is 5.70. The maximum absolute atomic E-state index is 5.50. The highest BCUT2D eigenvalue weighted by Crippen LogP contribution is 2.35. The van der Waals surface area contributed by atoms with E-state index in [4.69, 9.17) is 4.74 Å². The van der Waals surface area contributed by atoms with Gasteiger partial charge in [-0.05, 0) is 40.8 Å². The number of hydrogen-bond acceptors (Lipinski definition) is 2. The Hall–Kier alpha value is -1.96. The van der Waals surface area contributed by atoms with E-state index in [1.807, 2.05) is 7.05 Å². The molecular weight excluding hydrogens is 246 g/mol. The van der Waals surface area contributed by atoms with Gasteiger partial charge in [0.2, 0.25) is 0 Å². The van der Waals surface area contributed by atoms with Gasteiger partial charge in [-0.25, -0.2) is 0 Å². The van der Waals surface area contributed by atoms with Crippen molar-refractivity contribution in [1.29, 1.82) is 0 Å². The normalized spacial score (nSPS) is 11.2. The first-order valence-electron chi connectivity index (χ1n) is 6.92. The molecule has 0 aromatic heterocycles. The lowest BCUT2D eigenvalue weighted by Crippen LogP contribution is -2.12. The molecule has 0 saturated heterocycles. The van der Waals surface area contributed by atoms with Crippen LogP contribution in [0.1, 0.15) is 26.3 Å². The number of rotatable bonds is 3. The van der Waals surface area contributed by atoms with E-state index in [-0.39, 0.29) is 5.41 Å². The molecule has 2 heteroatoms. The highest BCUT2D eigenvalue weighted by atomic mass is 16.5. The van der Waals surface area contributed by atoms with Gasteiger partial charge in [-0.15, -0.1) is 0 Å². The Kier molecular flexibility index (Phi) is 4.03. The fourth-order valence-corrected chi connectivity index (χ4v) is 2.33. The van der Waals surface area contributed by atoms with Crippen molar-refractivity contribution in [2.45, 2.75) is 26.2 Å². The second-order valence-electron chi connectivity index (χ2n) is 6.00. The van der Waals surface area contributed by atoms with Crippen molar-refractivity contribution in [3.8, 4) is 16.9 Å². The molecule has 2 nitrogen and oxygen atoms in total. The second-order valence-corrected chi connectivity index (χ2v) is 6.00. The SMILES string of the molecule is CNc1cccc(-c2ccc(OC)c(C(C)(C)C)c2)c1. The number of ether oxygens (including phenoxy) is 1. The van der Waals surface area contributed by atoms with E-state index in [0.29, 0.717) is 0 Å². The van der Waals surface area contributed by atoms with Crippen LogP contribution in [0.25, 0.3) is 11.1 Å². The number of nitrogens with one attached hydrogen (secondary N) is 1. The van der Waals surface area contributed by atoms with Crippen LogP contribution in [0.3, 0.4) is 0 Å². The van der Waals surface area contributed by atoms with Gasteiger partial charge < -0.3 is 10.1 Å². The lowest BCUT2D eigenvalue weighted by molar-refractivity contribution is 0.397. The maximum Gasteiger partial charge on any atom is 0.122 e. The van der Waals surface area contributed by atoms with Crippen molar-refractivity contribution in [2.75, 3.05) is 19.5 Å². The zero-order valence-electron chi connectivity index (χ0n) is 12.9. The summed E-state index contributed by atoms with van der Waals surface area (Å²) in [6.07, 6.45) is 0. The molecule has 0 heterocycles. The topological polar surface area (TPSA) is 21.3 Å². The maximum atomic E-state index is 5.50. The van der Waals surface area contributed by atoms with Crippen LogP contribution in [0.2, 0.25) is 0 Å². The van der Waals surface area contributed by atoms with Gasteiger partial charge in [-0.2, -0.15) is 0 Å². The van der Waals surface area contributed by atoms with Crippen LogP contribution in [0.4, 0.5) is 5.69 Å². The summed E-state index contributed by atoms with van der Waals surface area (Å²) < 4.78 is 5.50. The molecule has 0 unspecified atom stereocenters. The summed E-state index contributed by atoms with van der Waals surface area (Å²) in [5.41, 5.74) is 4.84. The van der Waals surface area contributed by atoms with Gasteiger partial charge in [0, 0.05) is 18.3 Å². The monoisotopic (exact) mass is 269 g/mol. The molecule has 2 rings (SSSR count). The van der Waals surface area contributed by atoms with E-state index in [1.54, 1.807) is 7.11 Å². The number of anilines is 1. The minimum Gasteiger partial charge on any atom is -0.496 e. The summed E-state index contributed by atoms with van der Waals surface area (Å²) in [7, 11) is 3.67. The molecule has 0 aliphatic heterocycles. The minimum atomic E-state index is 0.0575. The molecule has 0 saturated carbocycles. The van der Waals surface area contributed by atoms with E-state index in [9.17, 15) is 0 Å².